The van der Waals surface area contributed by atoms with E-state index in [-0.39, 0.29) is 0 Å². The Kier molecular flexibility index (Phi) is 6.60. The van der Waals surface area contributed by atoms with Crippen LogP contribution in [-0.2, 0) is 29.3 Å². The van der Waals surface area contributed by atoms with Crippen LogP contribution in [0.25, 0.3) is 10.2 Å². The first kappa shape index (κ1) is 24.3. The summed E-state index contributed by atoms with van der Waals surface area (Å²) in [4.78, 5) is 15.2. The Labute approximate surface area is 221 Å². The first-order chi connectivity index (χ1) is 18.0. The average molecular weight is 535 g/mol. The van der Waals surface area contributed by atoms with E-state index >= 15 is 0 Å². The number of methoxy groups -OCH3 is 1. The fourth-order valence-corrected chi connectivity index (χ4v) is 8.00. The molecule has 1 aliphatic heterocycles. The number of nitrogens with zero attached hydrogens (tertiary/aromatic N) is 4. The number of hydrogen-bond acceptors (Lipinski definition) is 7. The van der Waals surface area contributed by atoms with Crippen molar-refractivity contribution >= 4 is 37.4 Å². The van der Waals surface area contributed by atoms with Gasteiger partial charge in [-0.1, -0.05) is 30.3 Å². The van der Waals surface area contributed by atoms with Crippen molar-refractivity contribution in [2.45, 2.75) is 37.0 Å². The van der Waals surface area contributed by atoms with E-state index in [4.69, 9.17) is 14.7 Å². The minimum atomic E-state index is -3.57. The van der Waals surface area contributed by atoms with Crippen LogP contribution < -0.4 is 9.64 Å². The van der Waals surface area contributed by atoms with E-state index in [9.17, 15) is 8.42 Å². The molecule has 0 spiro atoms. The SMILES string of the molecule is COc1ccc(S(=O)(=O)N2CCN(c3nc(Cc4ccccc4)nc4sc5c(c34)CCCC5)CC2)cc1. The summed E-state index contributed by atoms with van der Waals surface area (Å²) in [5.74, 6) is 2.43. The number of aromatic nitrogens is 2. The highest BCUT2D eigenvalue weighted by molar-refractivity contribution is 7.89. The number of sulfonamides is 1. The smallest absolute Gasteiger partial charge is 0.243 e. The van der Waals surface area contributed by atoms with Crippen molar-refractivity contribution < 1.29 is 13.2 Å². The van der Waals surface area contributed by atoms with E-state index in [1.54, 1.807) is 35.7 Å². The molecular formula is C28H30N4O3S2. The van der Waals surface area contributed by atoms with Crippen molar-refractivity contribution in [3.63, 3.8) is 0 Å². The van der Waals surface area contributed by atoms with Crippen molar-refractivity contribution in [2.75, 3.05) is 38.2 Å². The van der Waals surface area contributed by atoms with Gasteiger partial charge in [-0.2, -0.15) is 4.31 Å². The summed E-state index contributed by atoms with van der Waals surface area (Å²) in [7, 11) is -1.99. The Bertz CT molecular complexity index is 1510. The number of aryl methyl sites for hydroxylation is 2. The van der Waals surface area contributed by atoms with Crippen LogP contribution >= 0.6 is 11.3 Å². The standard InChI is InChI=1S/C28H30N4O3S2/c1-35-21-11-13-22(14-12-21)37(33,34)32-17-15-31(16-18-32)27-26-23-9-5-6-10-24(23)36-28(26)30-25(29-27)19-20-7-3-2-4-8-20/h2-4,7-8,11-14H,5-6,9-10,15-19H2,1H3. The second kappa shape index (κ2) is 10.0. The normalized spacial score (nSPS) is 16.6. The lowest BCUT2D eigenvalue weighted by atomic mass is 9.97. The zero-order valence-corrected chi connectivity index (χ0v) is 22.5. The van der Waals surface area contributed by atoms with Crippen LogP contribution in [-0.4, -0.2) is 56.0 Å². The molecule has 0 unspecified atom stereocenters. The zero-order valence-electron chi connectivity index (χ0n) is 20.9. The van der Waals surface area contributed by atoms with Gasteiger partial charge in [0, 0.05) is 37.5 Å². The molecule has 1 saturated heterocycles. The molecule has 0 amide bonds. The quantitative estimate of drug-likeness (QED) is 0.358. The molecular weight excluding hydrogens is 504 g/mol. The van der Waals surface area contributed by atoms with Crippen molar-refractivity contribution in [3.8, 4) is 5.75 Å². The van der Waals surface area contributed by atoms with Crippen LogP contribution in [0.2, 0.25) is 0 Å². The van der Waals surface area contributed by atoms with Crippen LogP contribution in [0.4, 0.5) is 5.82 Å². The Hall–Kier alpha value is -3.01. The zero-order chi connectivity index (χ0) is 25.4. The highest BCUT2D eigenvalue weighted by Gasteiger charge is 2.31. The molecule has 3 heterocycles. The fraction of sp³-hybridized carbons (Fsp3) is 0.357. The van der Waals surface area contributed by atoms with Crippen LogP contribution in [0, 0.1) is 0 Å². The summed E-state index contributed by atoms with van der Waals surface area (Å²) >= 11 is 1.81. The van der Waals surface area contributed by atoms with Crippen LogP contribution in [0.15, 0.2) is 59.5 Å². The summed E-state index contributed by atoms with van der Waals surface area (Å²) in [6.07, 6.45) is 5.27. The number of benzene rings is 2. The first-order valence-corrected chi connectivity index (χ1v) is 15.0. The molecule has 2 aliphatic rings. The third-order valence-electron chi connectivity index (χ3n) is 7.28. The fourth-order valence-electron chi connectivity index (χ4n) is 5.30. The van der Waals surface area contributed by atoms with Crippen molar-refractivity contribution in [1.82, 2.24) is 14.3 Å². The van der Waals surface area contributed by atoms with E-state index < -0.39 is 10.0 Å². The molecule has 1 fully saturated rings. The second-order valence-electron chi connectivity index (χ2n) is 9.58. The van der Waals surface area contributed by atoms with Crippen molar-refractivity contribution in [3.05, 3.63) is 76.4 Å². The predicted molar refractivity (Wildman–Crippen MR) is 147 cm³/mol. The maximum absolute atomic E-state index is 13.3. The molecule has 0 atom stereocenters. The number of rotatable bonds is 6. The van der Waals surface area contributed by atoms with Crippen LogP contribution in [0.5, 0.6) is 5.75 Å². The number of fused-ring (bicyclic) bond motifs is 3. The van der Waals surface area contributed by atoms with Gasteiger partial charge in [0.25, 0.3) is 0 Å². The molecule has 37 heavy (non-hydrogen) atoms. The molecule has 0 saturated carbocycles. The molecule has 2 aromatic heterocycles. The van der Waals surface area contributed by atoms with E-state index in [0.717, 1.165) is 29.3 Å². The van der Waals surface area contributed by atoms with Gasteiger partial charge in [-0.25, -0.2) is 18.4 Å². The topological polar surface area (TPSA) is 75.6 Å². The number of piperazine rings is 1. The lowest BCUT2D eigenvalue weighted by Crippen LogP contribution is -2.49. The van der Waals surface area contributed by atoms with Gasteiger partial charge in [-0.3, -0.25) is 0 Å². The monoisotopic (exact) mass is 534 g/mol. The van der Waals surface area contributed by atoms with Gasteiger partial charge < -0.3 is 9.64 Å². The van der Waals surface area contributed by atoms with E-state index in [1.165, 1.54) is 34.2 Å². The van der Waals surface area contributed by atoms with Crippen LogP contribution in [0.3, 0.4) is 0 Å². The van der Waals surface area contributed by atoms with Gasteiger partial charge in [-0.15, -0.1) is 11.3 Å². The Morgan fingerprint density at radius 2 is 1.65 bits per heavy atom. The third kappa shape index (κ3) is 4.71. The molecule has 9 heteroatoms. The van der Waals surface area contributed by atoms with Crippen molar-refractivity contribution in [2.24, 2.45) is 0 Å². The maximum atomic E-state index is 13.3. The summed E-state index contributed by atoms with van der Waals surface area (Å²) in [5.41, 5.74) is 2.59. The lowest BCUT2D eigenvalue weighted by molar-refractivity contribution is 0.383. The van der Waals surface area contributed by atoms with Gasteiger partial charge in [-0.05, 0) is 61.1 Å². The number of ether oxygens (including phenoxy) is 1. The van der Waals surface area contributed by atoms with E-state index in [1.807, 2.05) is 29.5 Å². The molecule has 192 valence electrons. The molecule has 7 nitrogen and oxygen atoms in total. The summed E-state index contributed by atoms with van der Waals surface area (Å²) < 4.78 is 33.3. The second-order valence-corrected chi connectivity index (χ2v) is 12.6. The number of thiophene rings is 1. The summed E-state index contributed by atoms with van der Waals surface area (Å²) in [6.45, 7) is 2.02. The number of hydrogen-bond donors (Lipinski definition) is 0. The minimum Gasteiger partial charge on any atom is -0.497 e. The molecule has 2 aromatic carbocycles. The van der Waals surface area contributed by atoms with Gasteiger partial charge in [0.15, 0.2) is 0 Å². The number of anilines is 1. The Morgan fingerprint density at radius 1 is 0.919 bits per heavy atom. The molecule has 6 rings (SSSR count). The third-order valence-corrected chi connectivity index (χ3v) is 10.4. The highest BCUT2D eigenvalue weighted by Crippen LogP contribution is 2.40. The highest BCUT2D eigenvalue weighted by atomic mass is 32.2. The van der Waals surface area contributed by atoms with E-state index in [2.05, 4.69) is 17.0 Å². The largest absolute Gasteiger partial charge is 0.497 e. The Morgan fingerprint density at radius 3 is 2.38 bits per heavy atom. The first-order valence-electron chi connectivity index (χ1n) is 12.8. The minimum absolute atomic E-state index is 0.295. The van der Waals surface area contributed by atoms with Gasteiger partial charge >= 0.3 is 0 Å². The van der Waals surface area contributed by atoms with E-state index in [0.29, 0.717) is 43.2 Å². The average Bonchev–Trinajstić information content (AvgIpc) is 3.32. The van der Waals surface area contributed by atoms with Crippen molar-refractivity contribution in [1.29, 1.82) is 0 Å². The molecule has 4 aromatic rings. The molecule has 1 aliphatic carbocycles. The molecule has 0 bridgehead atoms. The summed E-state index contributed by atoms with van der Waals surface area (Å²) in [5, 5.41) is 1.18. The van der Waals surface area contributed by atoms with Crippen LogP contribution in [0.1, 0.15) is 34.7 Å². The molecule has 0 N–H and O–H groups in total. The van der Waals surface area contributed by atoms with Gasteiger partial charge in [0.1, 0.15) is 22.2 Å². The van der Waals surface area contributed by atoms with Gasteiger partial charge in [0.2, 0.25) is 10.0 Å². The summed E-state index contributed by atoms with van der Waals surface area (Å²) in [6, 6.07) is 16.9. The molecule has 0 radical (unpaired) electrons. The Balaban J connectivity index is 1.30. The van der Waals surface area contributed by atoms with Gasteiger partial charge in [0.05, 0.1) is 17.4 Å². The predicted octanol–water partition coefficient (Wildman–Crippen LogP) is 4.68. The lowest BCUT2D eigenvalue weighted by Gasteiger charge is -2.35. The maximum Gasteiger partial charge on any atom is 0.243 e.